The van der Waals surface area contributed by atoms with Crippen molar-refractivity contribution in [1.82, 2.24) is 19.5 Å². The van der Waals surface area contributed by atoms with E-state index in [-0.39, 0.29) is 11.8 Å². The van der Waals surface area contributed by atoms with E-state index in [9.17, 15) is 9.67 Å². The van der Waals surface area contributed by atoms with Crippen LogP contribution in [-0.2, 0) is 18.6 Å². The van der Waals surface area contributed by atoms with Crippen LogP contribution in [0.5, 0.6) is 0 Å². The van der Waals surface area contributed by atoms with Gasteiger partial charge in [-0.25, -0.2) is 4.98 Å². The number of nitrogens with two attached hydrogens (primary N) is 2. The average Bonchev–Trinajstić information content (AvgIpc) is 3.07. The number of aromatic nitrogens is 4. The van der Waals surface area contributed by atoms with Gasteiger partial charge in [-0.3, -0.25) is 4.57 Å². The van der Waals surface area contributed by atoms with Crippen molar-refractivity contribution in [3.05, 3.63) is 6.33 Å². The molecule has 2 aromatic heterocycles. The summed E-state index contributed by atoms with van der Waals surface area (Å²) in [5.41, 5.74) is 12.0. The zero-order valence-corrected chi connectivity index (χ0v) is 13.4. The predicted molar refractivity (Wildman–Crippen MR) is 80.6 cm³/mol. The van der Waals surface area contributed by atoms with E-state index >= 15 is 0 Å². The van der Waals surface area contributed by atoms with E-state index in [2.05, 4.69) is 15.0 Å². The number of anilines is 2. The molecule has 12 nitrogen and oxygen atoms in total. The lowest BCUT2D eigenvalue weighted by atomic mass is 10.1. The third-order valence-electron chi connectivity index (χ3n) is 3.69. The molecule has 0 aromatic carbocycles. The minimum absolute atomic E-state index is 0.0429. The first-order chi connectivity index (χ1) is 11.5. The molecule has 2 aromatic rings. The van der Waals surface area contributed by atoms with Gasteiger partial charge in [-0.15, -0.1) is 9.42 Å². The van der Waals surface area contributed by atoms with Gasteiger partial charge in [0.15, 0.2) is 23.8 Å². The fourth-order valence-electron chi connectivity index (χ4n) is 2.70. The van der Waals surface area contributed by atoms with E-state index in [0.717, 1.165) is 0 Å². The smallest absolute Gasteiger partial charge is 0.394 e. The number of methoxy groups -OCH3 is 1. The molecule has 1 aliphatic rings. The Balaban J connectivity index is 2.03. The van der Waals surface area contributed by atoms with Crippen molar-refractivity contribution in [3.8, 4) is 0 Å². The van der Waals surface area contributed by atoms with E-state index < -0.39 is 39.4 Å². The Labute approximate surface area is 136 Å². The molecule has 0 amide bonds. The minimum atomic E-state index is -2.91. The Morgan fingerprint density at radius 3 is 2.79 bits per heavy atom. The Hall–Kier alpha value is -1.95. The van der Waals surface area contributed by atoms with Gasteiger partial charge in [0.25, 0.3) is 0 Å². The molecule has 0 spiro atoms. The van der Waals surface area contributed by atoms with Gasteiger partial charge in [0.1, 0.15) is 17.7 Å². The number of ether oxygens (including phenoxy) is 2. The highest BCUT2D eigenvalue weighted by molar-refractivity contribution is 7.32. The Morgan fingerprint density at radius 1 is 1.42 bits per heavy atom. The van der Waals surface area contributed by atoms with Crippen LogP contribution in [0.25, 0.3) is 11.2 Å². The van der Waals surface area contributed by atoms with E-state index in [0.29, 0.717) is 11.2 Å². The number of nitrogens with zero attached hydrogens (tertiary/aromatic N) is 4. The van der Waals surface area contributed by atoms with Crippen molar-refractivity contribution < 1.29 is 28.6 Å². The van der Waals surface area contributed by atoms with Gasteiger partial charge in [-0.2, -0.15) is 9.97 Å². The number of nitrogen functional groups attached to an aromatic ring is 2. The highest BCUT2D eigenvalue weighted by Crippen LogP contribution is 2.38. The van der Waals surface area contributed by atoms with Crippen LogP contribution in [0, 0.1) is 0 Å². The Bertz CT molecular complexity index is 771. The number of fused-ring (bicyclic) bond motifs is 1. The summed E-state index contributed by atoms with van der Waals surface area (Å²) in [6, 6.07) is 0. The largest absolute Gasteiger partial charge is 0.695 e. The maximum Gasteiger partial charge on any atom is 0.695 e. The van der Waals surface area contributed by atoms with Crippen LogP contribution in [0.3, 0.4) is 0 Å². The zero-order valence-electron chi connectivity index (χ0n) is 12.5. The molecule has 6 N–H and O–H groups in total. The summed E-state index contributed by atoms with van der Waals surface area (Å²) in [6.07, 6.45) is -2.07. The van der Waals surface area contributed by atoms with Gasteiger partial charge in [0, 0.05) is 11.7 Å². The van der Waals surface area contributed by atoms with Gasteiger partial charge < -0.3 is 26.0 Å². The third-order valence-corrected chi connectivity index (χ3v) is 4.11. The van der Waals surface area contributed by atoms with E-state index in [1.165, 1.54) is 18.0 Å². The molecule has 5 atom stereocenters. The second kappa shape index (κ2) is 6.51. The van der Waals surface area contributed by atoms with Crippen molar-refractivity contribution in [2.45, 2.75) is 24.5 Å². The Kier molecular flexibility index (Phi) is 4.58. The molecule has 24 heavy (non-hydrogen) atoms. The molecular formula is C11H16N6O6P+. The molecular weight excluding hydrogens is 343 g/mol. The van der Waals surface area contributed by atoms with Crippen molar-refractivity contribution >= 4 is 31.2 Å². The maximum atomic E-state index is 11.0. The van der Waals surface area contributed by atoms with Gasteiger partial charge >= 0.3 is 8.25 Å². The van der Waals surface area contributed by atoms with Gasteiger partial charge in [0.2, 0.25) is 5.95 Å². The van der Waals surface area contributed by atoms with Crippen molar-refractivity contribution in [3.63, 3.8) is 0 Å². The average molecular weight is 359 g/mol. The van der Waals surface area contributed by atoms with Crippen LogP contribution in [-0.4, -0.2) is 61.5 Å². The first-order valence-electron chi connectivity index (χ1n) is 6.83. The molecule has 0 bridgehead atoms. The monoisotopic (exact) mass is 359 g/mol. The fourth-order valence-corrected chi connectivity index (χ4v) is 3.17. The molecule has 1 fully saturated rings. The molecule has 3 heterocycles. The summed E-state index contributed by atoms with van der Waals surface area (Å²) < 4.78 is 28.5. The lowest BCUT2D eigenvalue weighted by Crippen LogP contribution is -2.36. The highest BCUT2D eigenvalue weighted by atomic mass is 31.1. The van der Waals surface area contributed by atoms with Crippen LogP contribution in [0.15, 0.2) is 6.33 Å². The second-order valence-corrected chi connectivity index (χ2v) is 5.73. The number of imidazole rings is 1. The highest BCUT2D eigenvalue weighted by Gasteiger charge is 2.51. The van der Waals surface area contributed by atoms with Gasteiger partial charge in [-0.1, -0.05) is 0 Å². The fraction of sp³-hybridized carbons (Fsp3) is 0.545. The normalized spacial score (nSPS) is 27.7. The number of aliphatic hydroxyl groups is 1. The molecule has 0 aliphatic carbocycles. The van der Waals surface area contributed by atoms with Crippen molar-refractivity contribution in [2.75, 3.05) is 25.2 Å². The minimum Gasteiger partial charge on any atom is -0.394 e. The summed E-state index contributed by atoms with van der Waals surface area (Å²) in [5, 5.41) is 9.45. The van der Waals surface area contributed by atoms with Crippen LogP contribution < -0.4 is 11.5 Å². The topological polar surface area (TPSA) is 181 Å². The molecule has 13 heteroatoms. The second-order valence-electron chi connectivity index (χ2n) is 5.05. The van der Waals surface area contributed by atoms with E-state index in [1.54, 1.807) is 0 Å². The van der Waals surface area contributed by atoms with E-state index in [1.807, 2.05) is 0 Å². The van der Waals surface area contributed by atoms with Gasteiger partial charge in [-0.05, 0) is 0 Å². The number of aliphatic hydroxyl groups excluding tert-OH is 1. The summed E-state index contributed by atoms with van der Waals surface area (Å²) in [4.78, 5) is 21.1. The first-order valence-corrected chi connectivity index (χ1v) is 7.96. The maximum absolute atomic E-state index is 11.0. The summed E-state index contributed by atoms with van der Waals surface area (Å²) in [7, 11) is -1.52. The van der Waals surface area contributed by atoms with Crippen LogP contribution in [0.1, 0.15) is 6.23 Å². The lowest BCUT2D eigenvalue weighted by Gasteiger charge is -2.19. The summed E-state index contributed by atoms with van der Waals surface area (Å²) >= 11 is 0. The summed E-state index contributed by atoms with van der Waals surface area (Å²) in [6.45, 7) is -0.434. The number of hydrogen-bond donors (Lipinski definition) is 4. The van der Waals surface area contributed by atoms with Crippen LogP contribution >= 0.6 is 8.25 Å². The van der Waals surface area contributed by atoms with Crippen LogP contribution in [0.2, 0.25) is 0 Å². The third kappa shape index (κ3) is 2.79. The van der Waals surface area contributed by atoms with Crippen LogP contribution in [0.4, 0.5) is 11.8 Å². The Morgan fingerprint density at radius 2 is 2.17 bits per heavy atom. The molecule has 0 radical (unpaired) electrons. The molecule has 130 valence electrons. The van der Waals surface area contributed by atoms with Crippen molar-refractivity contribution in [1.29, 1.82) is 0 Å². The standard InChI is InChI=1S/C11H15N6O6P/c1-21-7-6(23-24(19)20)4(2-18)22-10(7)17-3-14-5-8(12)15-11(13)16-9(5)17/h3-4,6-7,10,18H,2H2,1H3,(H4-,12,13,15,16,19,20)/p+1/t4-,6?,7+,10-/m1/s1. The SMILES string of the molecule is CO[C@H]1C(O[P+](=O)O)[C@@H](CO)O[C@H]1n1cnc2c(N)nc(N)nc21. The zero-order chi connectivity index (χ0) is 17.4. The van der Waals surface area contributed by atoms with Gasteiger partial charge in [0.05, 0.1) is 12.9 Å². The first kappa shape index (κ1) is 16.9. The number of hydrogen-bond acceptors (Lipinski definition) is 10. The predicted octanol–water partition coefficient (Wildman–Crippen LogP) is -1.07. The number of rotatable bonds is 5. The lowest BCUT2D eigenvalue weighted by molar-refractivity contribution is -0.0583. The summed E-state index contributed by atoms with van der Waals surface area (Å²) in [5.74, 6) is 0.0619. The van der Waals surface area contributed by atoms with Crippen molar-refractivity contribution in [2.24, 2.45) is 0 Å². The molecule has 3 rings (SSSR count). The quantitative estimate of drug-likeness (QED) is 0.477. The van der Waals surface area contributed by atoms with E-state index in [4.69, 9.17) is 30.4 Å². The molecule has 1 aliphatic heterocycles. The molecule has 0 saturated carbocycles. The molecule has 1 saturated heterocycles. The molecule has 2 unspecified atom stereocenters.